The van der Waals surface area contributed by atoms with Gasteiger partial charge in [0.05, 0.1) is 12.2 Å². The van der Waals surface area contributed by atoms with Crippen molar-refractivity contribution in [2.75, 3.05) is 7.05 Å². The molecule has 0 bridgehead atoms. The second-order valence-corrected chi connectivity index (χ2v) is 3.94. The molecule has 1 aromatic heterocycles. The van der Waals surface area contributed by atoms with Crippen LogP contribution in [0.25, 0.3) is 0 Å². The molecule has 0 saturated heterocycles. The van der Waals surface area contributed by atoms with E-state index in [4.69, 9.17) is 0 Å². The number of halogens is 4. The molecule has 0 fully saturated rings. The fourth-order valence-electron chi connectivity index (χ4n) is 1.89. The van der Waals surface area contributed by atoms with Crippen molar-refractivity contribution >= 4 is 0 Å². The highest BCUT2D eigenvalue weighted by Crippen LogP contribution is 2.27. The first-order valence-electron chi connectivity index (χ1n) is 5.45. The van der Waals surface area contributed by atoms with Gasteiger partial charge in [-0.1, -0.05) is 0 Å². The first-order chi connectivity index (χ1) is 9.02. The van der Waals surface area contributed by atoms with Gasteiger partial charge < -0.3 is 5.32 Å². The van der Waals surface area contributed by atoms with E-state index in [0.717, 1.165) is 12.3 Å². The fourth-order valence-corrected chi connectivity index (χ4v) is 1.89. The number of hydrogen-bond donors (Lipinski definition) is 1. The van der Waals surface area contributed by atoms with Crippen LogP contribution < -0.4 is 5.32 Å². The number of benzene rings is 1. The van der Waals surface area contributed by atoms with Crippen LogP contribution in [0.2, 0.25) is 0 Å². The molecule has 2 nitrogen and oxygen atoms in total. The molecule has 0 aliphatic carbocycles. The van der Waals surface area contributed by atoms with Gasteiger partial charge in [0.25, 0.3) is 0 Å². The molecule has 0 radical (unpaired) electrons. The van der Waals surface area contributed by atoms with Gasteiger partial charge in [-0.3, -0.25) is 4.98 Å². The summed E-state index contributed by atoms with van der Waals surface area (Å²) in [7, 11) is 1.46. The van der Waals surface area contributed by atoms with E-state index in [-0.39, 0.29) is 11.1 Å². The average molecular weight is 270 g/mol. The predicted octanol–water partition coefficient (Wildman–Crippen LogP) is 2.95. The minimum atomic E-state index is -1.04. The predicted molar refractivity (Wildman–Crippen MR) is 61.4 cm³/mol. The van der Waals surface area contributed by atoms with Gasteiger partial charge >= 0.3 is 0 Å². The van der Waals surface area contributed by atoms with E-state index in [9.17, 15) is 17.6 Å². The molecule has 6 heteroatoms. The largest absolute Gasteiger partial charge is 0.309 e. The summed E-state index contributed by atoms with van der Waals surface area (Å²) in [6.07, 6.45) is 2.26. The van der Waals surface area contributed by atoms with E-state index >= 15 is 0 Å². The molecule has 1 unspecified atom stereocenters. The number of rotatable bonds is 3. The second kappa shape index (κ2) is 5.36. The monoisotopic (exact) mass is 270 g/mol. The lowest BCUT2D eigenvalue weighted by molar-refractivity contribution is 0.498. The fraction of sp³-hybridized carbons (Fsp3) is 0.154. The van der Waals surface area contributed by atoms with Crippen LogP contribution in [0.1, 0.15) is 17.2 Å². The van der Waals surface area contributed by atoms with Crippen LogP contribution in [-0.4, -0.2) is 12.0 Å². The summed E-state index contributed by atoms with van der Waals surface area (Å²) in [5.41, 5.74) is -0.136. The maximum absolute atomic E-state index is 13.7. The quantitative estimate of drug-likeness (QED) is 0.867. The van der Waals surface area contributed by atoms with Crippen molar-refractivity contribution in [2.24, 2.45) is 0 Å². The van der Waals surface area contributed by atoms with Crippen LogP contribution in [0.5, 0.6) is 0 Å². The van der Waals surface area contributed by atoms with Crippen molar-refractivity contribution in [1.29, 1.82) is 0 Å². The zero-order chi connectivity index (χ0) is 14.0. The lowest BCUT2D eigenvalue weighted by Crippen LogP contribution is -2.21. The van der Waals surface area contributed by atoms with Crippen molar-refractivity contribution in [3.05, 3.63) is 65.0 Å². The zero-order valence-electron chi connectivity index (χ0n) is 9.92. The van der Waals surface area contributed by atoms with Gasteiger partial charge in [-0.2, -0.15) is 0 Å². The van der Waals surface area contributed by atoms with E-state index in [1.807, 2.05) is 0 Å². The summed E-state index contributed by atoms with van der Waals surface area (Å²) in [6, 6.07) is 1.31. The molecule has 2 rings (SSSR count). The Hall–Kier alpha value is -1.95. The van der Waals surface area contributed by atoms with Gasteiger partial charge in [-0.15, -0.1) is 0 Å². The normalized spacial score (nSPS) is 12.5. The van der Waals surface area contributed by atoms with Gasteiger partial charge in [0, 0.05) is 23.9 Å². The number of aromatic nitrogens is 1. The third kappa shape index (κ3) is 2.73. The Kier molecular flexibility index (Phi) is 3.80. The maximum Gasteiger partial charge on any atom is 0.141 e. The molecule has 1 atom stereocenters. The zero-order valence-corrected chi connectivity index (χ0v) is 9.92. The minimum Gasteiger partial charge on any atom is -0.309 e. The van der Waals surface area contributed by atoms with Crippen LogP contribution in [0.3, 0.4) is 0 Å². The lowest BCUT2D eigenvalue weighted by atomic mass is 9.99. The third-order valence-electron chi connectivity index (χ3n) is 2.68. The number of hydrogen-bond acceptors (Lipinski definition) is 2. The number of nitrogens with one attached hydrogen (secondary N) is 1. The van der Waals surface area contributed by atoms with Gasteiger partial charge in [-0.25, -0.2) is 17.6 Å². The highest BCUT2D eigenvalue weighted by Gasteiger charge is 2.22. The molecule has 1 N–H and O–H groups in total. The molecule has 1 heterocycles. The summed E-state index contributed by atoms with van der Waals surface area (Å²) in [5.74, 6) is -3.71. The van der Waals surface area contributed by atoms with E-state index in [0.29, 0.717) is 12.1 Å². The van der Waals surface area contributed by atoms with E-state index in [1.165, 1.54) is 13.2 Å². The Bertz CT molecular complexity index is 578. The van der Waals surface area contributed by atoms with Crippen molar-refractivity contribution in [2.45, 2.75) is 6.04 Å². The lowest BCUT2D eigenvalue weighted by Gasteiger charge is -2.18. The summed E-state index contributed by atoms with van der Waals surface area (Å²) in [6.45, 7) is 0. The van der Waals surface area contributed by atoms with Crippen LogP contribution in [0.4, 0.5) is 17.6 Å². The Morgan fingerprint density at radius 2 is 1.58 bits per heavy atom. The van der Waals surface area contributed by atoms with E-state index in [2.05, 4.69) is 10.3 Å². The van der Waals surface area contributed by atoms with Crippen molar-refractivity contribution in [3.8, 4) is 0 Å². The van der Waals surface area contributed by atoms with Crippen LogP contribution >= 0.6 is 0 Å². The molecule has 0 spiro atoms. The molecular weight excluding hydrogens is 260 g/mol. The van der Waals surface area contributed by atoms with Crippen molar-refractivity contribution in [3.63, 3.8) is 0 Å². The van der Waals surface area contributed by atoms with Gasteiger partial charge in [0.2, 0.25) is 0 Å². The Morgan fingerprint density at radius 3 is 2.11 bits per heavy atom. The molecule has 1 aromatic carbocycles. The molecular formula is C13H10F4N2. The highest BCUT2D eigenvalue weighted by atomic mass is 19.1. The summed E-state index contributed by atoms with van der Waals surface area (Å²) < 4.78 is 53.4. The standard InChI is InChI=1S/C13H10F4N2/c1-18-13(7-2-9(15)6-19-5-7)12-10(16)3-8(14)4-11(12)17/h2-6,13,18H,1H3. The summed E-state index contributed by atoms with van der Waals surface area (Å²) in [5, 5.41) is 2.65. The summed E-state index contributed by atoms with van der Waals surface area (Å²) in [4.78, 5) is 3.62. The van der Waals surface area contributed by atoms with Crippen molar-refractivity contribution < 1.29 is 17.6 Å². The third-order valence-corrected chi connectivity index (χ3v) is 2.68. The van der Waals surface area contributed by atoms with Gasteiger partial charge in [0.15, 0.2) is 0 Å². The SMILES string of the molecule is CNC(c1cncc(F)c1)c1c(F)cc(F)cc1F. The molecule has 0 aliphatic rings. The van der Waals surface area contributed by atoms with Crippen LogP contribution in [0, 0.1) is 23.3 Å². The van der Waals surface area contributed by atoms with Crippen LogP contribution in [-0.2, 0) is 0 Å². The first kappa shape index (κ1) is 13.5. The number of pyridine rings is 1. The van der Waals surface area contributed by atoms with E-state index in [1.54, 1.807) is 0 Å². The molecule has 100 valence electrons. The second-order valence-electron chi connectivity index (χ2n) is 3.94. The van der Waals surface area contributed by atoms with Crippen LogP contribution in [0.15, 0.2) is 30.6 Å². The molecule has 2 aromatic rings. The van der Waals surface area contributed by atoms with E-state index < -0.39 is 29.3 Å². The Labute approximate surface area is 107 Å². The Balaban J connectivity index is 2.54. The summed E-state index contributed by atoms with van der Waals surface area (Å²) >= 11 is 0. The van der Waals surface area contributed by atoms with Crippen molar-refractivity contribution in [1.82, 2.24) is 10.3 Å². The van der Waals surface area contributed by atoms with Gasteiger partial charge in [-0.05, 0) is 18.7 Å². The minimum absolute atomic E-state index is 0.243. The molecule has 0 amide bonds. The topological polar surface area (TPSA) is 24.9 Å². The molecule has 0 aliphatic heterocycles. The average Bonchev–Trinajstić information content (AvgIpc) is 2.33. The smallest absolute Gasteiger partial charge is 0.141 e. The highest BCUT2D eigenvalue weighted by molar-refractivity contribution is 5.32. The maximum atomic E-state index is 13.7. The number of nitrogens with zero attached hydrogens (tertiary/aromatic N) is 1. The Morgan fingerprint density at radius 1 is 0.947 bits per heavy atom. The molecule has 0 saturated carbocycles. The van der Waals surface area contributed by atoms with Gasteiger partial charge in [0.1, 0.15) is 23.3 Å². The first-order valence-corrected chi connectivity index (χ1v) is 5.45. The molecule has 19 heavy (non-hydrogen) atoms.